The van der Waals surface area contributed by atoms with Crippen LogP contribution in [-0.2, 0) is 4.79 Å². The number of nitrogens with one attached hydrogen (secondary N) is 2. The van der Waals surface area contributed by atoms with Gasteiger partial charge in [0.2, 0.25) is 5.91 Å². The molecule has 6 heteroatoms. The standard InChI is InChI=1S/C12H18N4O2/c1-8(2)6-9(11(17)13-3)16-12(18)10-7-14-4-5-15-10/h4-5,7-9H,6H2,1-3H3,(H,13,17)(H,16,18)/t9-/m0/s1. The van der Waals surface area contributed by atoms with E-state index in [0.29, 0.717) is 12.3 Å². The summed E-state index contributed by atoms with van der Waals surface area (Å²) >= 11 is 0. The maximum absolute atomic E-state index is 11.9. The van der Waals surface area contributed by atoms with Crippen LogP contribution in [0.1, 0.15) is 30.8 Å². The number of likely N-dealkylation sites (N-methyl/N-ethyl adjacent to an activating group) is 1. The zero-order valence-corrected chi connectivity index (χ0v) is 10.8. The van der Waals surface area contributed by atoms with Gasteiger partial charge in [0.1, 0.15) is 11.7 Å². The molecule has 0 bridgehead atoms. The third kappa shape index (κ3) is 4.12. The van der Waals surface area contributed by atoms with Crippen molar-refractivity contribution in [2.24, 2.45) is 5.92 Å². The Morgan fingerprint density at radius 1 is 1.33 bits per heavy atom. The molecule has 1 aromatic heterocycles. The van der Waals surface area contributed by atoms with E-state index < -0.39 is 11.9 Å². The molecule has 0 radical (unpaired) electrons. The summed E-state index contributed by atoms with van der Waals surface area (Å²) in [7, 11) is 1.55. The zero-order chi connectivity index (χ0) is 13.5. The minimum Gasteiger partial charge on any atom is -0.357 e. The van der Waals surface area contributed by atoms with Gasteiger partial charge in [0.05, 0.1) is 6.20 Å². The van der Waals surface area contributed by atoms with Crippen molar-refractivity contribution >= 4 is 11.8 Å². The fraction of sp³-hybridized carbons (Fsp3) is 0.500. The zero-order valence-electron chi connectivity index (χ0n) is 10.8. The van der Waals surface area contributed by atoms with Gasteiger partial charge in [-0.25, -0.2) is 4.98 Å². The quantitative estimate of drug-likeness (QED) is 0.790. The van der Waals surface area contributed by atoms with E-state index in [0.717, 1.165) is 0 Å². The molecule has 0 saturated heterocycles. The van der Waals surface area contributed by atoms with E-state index in [1.165, 1.54) is 18.6 Å². The number of amides is 2. The summed E-state index contributed by atoms with van der Waals surface area (Å²) in [5.41, 5.74) is 0.204. The van der Waals surface area contributed by atoms with Crippen LogP contribution in [-0.4, -0.2) is 34.9 Å². The first-order chi connectivity index (χ1) is 8.54. The second-order valence-electron chi connectivity index (χ2n) is 4.36. The number of carbonyl (C=O) groups excluding carboxylic acids is 2. The average molecular weight is 250 g/mol. The van der Waals surface area contributed by atoms with E-state index >= 15 is 0 Å². The second kappa shape index (κ2) is 6.68. The molecule has 1 rings (SSSR count). The fourth-order valence-corrected chi connectivity index (χ4v) is 1.53. The van der Waals surface area contributed by atoms with E-state index in [1.807, 2.05) is 13.8 Å². The Bertz CT molecular complexity index is 406. The minimum absolute atomic E-state index is 0.204. The molecule has 0 aliphatic carbocycles. The number of nitrogens with zero attached hydrogens (tertiary/aromatic N) is 2. The molecular weight excluding hydrogens is 232 g/mol. The molecule has 1 aromatic rings. The van der Waals surface area contributed by atoms with Crippen molar-refractivity contribution in [2.75, 3.05) is 7.05 Å². The molecule has 6 nitrogen and oxygen atoms in total. The summed E-state index contributed by atoms with van der Waals surface area (Å²) in [6.45, 7) is 3.98. The number of hydrogen-bond donors (Lipinski definition) is 2. The Kier molecular flexibility index (Phi) is 5.23. The van der Waals surface area contributed by atoms with E-state index in [2.05, 4.69) is 20.6 Å². The third-order valence-corrected chi connectivity index (χ3v) is 2.37. The molecule has 0 aromatic carbocycles. The summed E-state index contributed by atoms with van der Waals surface area (Å²) in [5, 5.41) is 5.20. The molecule has 2 N–H and O–H groups in total. The molecule has 18 heavy (non-hydrogen) atoms. The van der Waals surface area contributed by atoms with Crippen LogP contribution in [0.2, 0.25) is 0 Å². The van der Waals surface area contributed by atoms with Crippen molar-refractivity contribution in [2.45, 2.75) is 26.3 Å². The first-order valence-corrected chi connectivity index (χ1v) is 5.83. The molecule has 1 heterocycles. The first kappa shape index (κ1) is 14.1. The van der Waals surface area contributed by atoms with Gasteiger partial charge < -0.3 is 10.6 Å². The highest BCUT2D eigenvalue weighted by molar-refractivity contribution is 5.95. The third-order valence-electron chi connectivity index (χ3n) is 2.37. The van der Waals surface area contributed by atoms with Crippen LogP contribution in [0.15, 0.2) is 18.6 Å². The summed E-state index contributed by atoms with van der Waals surface area (Å²) in [4.78, 5) is 31.2. The van der Waals surface area contributed by atoms with Gasteiger partial charge >= 0.3 is 0 Å². The summed E-state index contributed by atoms with van der Waals surface area (Å²) in [6.07, 6.45) is 4.87. The van der Waals surface area contributed by atoms with E-state index in [1.54, 1.807) is 7.05 Å². The molecule has 0 spiro atoms. The molecule has 1 atom stereocenters. The fourth-order valence-electron chi connectivity index (χ4n) is 1.53. The minimum atomic E-state index is -0.551. The molecule has 0 aliphatic rings. The van der Waals surface area contributed by atoms with Gasteiger partial charge in [-0.2, -0.15) is 0 Å². The number of aromatic nitrogens is 2. The van der Waals surface area contributed by atoms with Gasteiger partial charge in [-0.3, -0.25) is 14.6 Å². The van der Waals surface area contributed by atoms with Crippen molar-refractivity contribution in [3.05, 3.63) is 24.3 Å². The lowest BCUT2D eigenvalue weighted by Gasteiger charge is -2.18. The van der Waals surface area contributed by atoms with Crippen molar-refractivity contribution < 1.29 is 9.59 Å². The van der Waals surface area contributed by atoms with Gasteiger partial charge in [0.15, 0.2) is 0 Å². The van der Waals surface area contributed by atoms with Crippen molar-refractivity contribution in [3.8, 4) is 0 Å². The van der Waals surface area contributed by atoms with Crippen LogP contribution < -0.4 is 10.6 Å². The highest BCUT2D eigenvalue weighted by Gasteiger charge is 2.21. The Morgan fingerprint density at radius 3 is 2.56 bits per heavy atom. The van der Waals surface area contributed by atoms with Crippen molar-refractivity contribution in [1.29, 1.82) is 0 Å². The Labute approximate surface area is 106 Å². The first-order valence-electron chi connectivity index (χ1n) is 5.83. The van der Waals surface area contributed by atoms with Gasteiger partial charge in [-0.15, -0.1) is 0 Å². The molecule has 98 valence electrons. The van der Waals surface area contributed by atoms with Crippen LogP contribution >= 0.6 is 0 Å². The number of hydrogen-bond acceptors (Lipinski definition) is 4. The van der Waals surface area contributed by atoms with E-state index in [-0.39, 0.29) is 11.6 Å². The smallest absolute Gasteiger partial charge is 0.272 e. The van der Waals surface area contributed by atoms with Crippen LogP contribution in [0.4, 0.5) is 0 Å². The van der Waals surface area contributed by atoms with Crippen LogP contribution in [0.5, 0.6) is 0 Å². The van der Waals surface area contributed by atoms with Gasteiger partial charge in [0.25, 0.3) is 5.91 Å². The Morgan fingerprint density at radius 2 is 2.06 bits per heavy atom. The largest absolute Gasteiger partial charge is 0.357 e. The molecular formula is C12H18N4O2. The maximum Gasteiger partial charge on any atom is 0.272 e. The normalized spacial score (nSPS) is 12.0. The molecule has 0 aliphatic heterocycles. The summed E-state index contributed by atoms with van der Waals surface area (Å²) in [6, 6.07) is -0.551. The van der Waals surface area contributed by atoms with Gasteiger partial charge in [-0.1, -0.05) is 13.8 Å². The molecule has 0 fully saturated rings. The van der Waals surface area contributed by atoms with E-state index in [4.69, 9.17) is 0 Å². The lowest BCUT2D eigenvalue weighted by Crippen LogP contribution is -2.46. The van der Waals surface area contributed by atoms with Crippen LogP contribution in [0.3, 0.4) is 0 Å². The van der Waals surface area contributed by atoms with Gasteiger partial charge in [0, 0.05) is 19.4 Å². The highest BCUT2D eigenvalue weighted by atomic mass is 16.2. The Balaban J connectivity index is 2.71. The average Bonchev–Trinajstić information content (AvgIpc) is 2.37. The van der Waals surface area contributed by atoms with Crippen LogP contribution in [0, 0.1) is 5.92 Å². The predicted octanol–water partition coefficient (Wildman–Crippen LogP) is 0.367. The molecule has 2 amide bonds. The predicted molar refractivity (Wildman–Crippen MR) is 66.8 cm³/mol. The second-order valence-corrected chi connectivity index (χ2v) is 4.36. The maximum atomic E-state index is 11.9. The van der Waals surface area contributed by atoms with Gasteiger partial charge in [-0.05, 0) is 12.3 Å². The molecule has 0 saturated carbocycles. The topological polar surface area (TPSA) is 84.0 Å². The SMILES string of the molecule is CNC(=O)[C@H](CC(C)C)NC(=O)c1cnccn1. The molecule has 0 unspecified atom stereocenters. The summed E-state index contributed by atoms with van der Waals surface area (Å²) in [5.74, 6) is -0.298. The van der Waals surface area contributed by atoms with E-state index in [9.17, 15) is 9.59 Å². The summed E-state index contributed by atoms with van der Waals surface area (Å²) < 4.78 is 0. The van der Waals surface area contributed by atoms with Crippen LogP contribution in [0.25, 0.3) is 0 Å². The Hall–Kier alpha value is -1.98. The lowest BCUT2D eigenvalue weighted by molar-refractivity contribution is -0.122. The number of carbonyl (C=O) groups is 2. The monoisotopic (exact) mass is 250 g/mol. The highest BCUT2D eigenvalue weighted by Crippen LogP contribution is 2.05. The lowest BCUT2D eigenvalue weighted by atomic mass is 10.0. The van der Waals surface area contributed by atoms with Crippen molar-refractivity contribution in [1.82, 2.24) is 20.6 Å². The number of rotatable bonds is 5. The van der Waals surface area contributed by atoms with Crippen molar-refractivity contribution in [3.63, 3.8) is 0 Å².